The van der Waals surface area contributed by atoms with Gasteiger partial charge in [0.15, 0.2) is 0 Å². The molecule has 2 fully saturated rings. The second-order valence-electron chi connectivity index (χ2n) is 7.22. The van der Waals surface area contributed by atoms with Gasteiger partial charge in [0, 0.05) is 19.5 Å². The lowest BCUT2D eigenvalue weighted by Crippen LogP contribution is -2.40. The Kier molecular flexibility index (Phi) is 6.65. The summed E-state index contributed by atoms with van der Waals surface area (Å²) in [5, 5.41) is 0. The molecular formula is C21H30N2O2. The number of nitrogens with zero attached hydrogens (tertiary/aromatic N) is 1. The smallest absolute Gasteiger partial charge is 0.223 e. The van der Waals surface area contributed by atoms with Crippen molar-refractivity contribution in [3.8, 4) is 0 Å². The van der Waals surface area contributed by atoms with Crippen LogP contribution in [-0.2, 0) is 16.0 Å². The van der Waals surface area contributed by atoms with Crippen LogP contribution >= 0.6 is 0 Å². The SMILES string of the molecule is NCC1CCC(=Cc2ccc(CCC(=O)N3CCOCC3)cc2)CC1. The molecule has 1 heterocycles. The van der Waals surface area contributed by atoms with Gasteiger partial charge in [0.2, 0.25) is 5.91 Å². The van der Waals surface area contributed by atoms with Crippen LogP contribution in [0.25, 0.3) is 6.08 Å². The van der Waals surface area contributed by atoms with E-state index < -0.39 is 0 Å². The number of amides is 1. The van der Waals surface area contributed by atoms with Crippen molar-refractivity contribution in [2.45, 2.75) is 38.5 Å². The Morgan fingerprint density at radius 2 is 1.84 bits per heavy atom. The van der Waals surface area contributed by atoms with E-state index >= 15 is 0 Å². The number of allylic oxidation sites excluding steroid dienone is 1. The second-order valence-corrected chi connectivity index (χ2v) is 7.22. The lowest BCUT2D eigenvalue weighted by atomic mass is 9.85. The molecule has 4 nitrogen and oxygen atoms in total. The van der Waals surface area contributed by atoms with Crippen LogP contribution in [0.1, 0.15) is 43.2 Å². The van der Waals surface area contributed by atoms with Crippen molar-refractivity contribution in [3.05, 3.63) is 41.0 Å². The van der Waals surface area contributed by atoms with Gasteiger partial charge in [-0.1, -0.05) is 35.9 Å². The number of hydrogen-bond acceptors (Lipinski definition) is 3. The van der Waals surface area contributed by atoms with Crippen molar-refractivity contribution in [1.29, 1.82) is 0 Å². The highest BCUT2D eigenvalue weighted by atomic mass is 16.5. The summed E-state index contributed by atoms with van der Waals surface area (Å²) in [4.78, 5) is 14.1. The zero-order chi connectivity index (χ0) is 17.5. The molecule has 136 valence electrons. The van der Waals surface area contributed by atoms with Gasteiger partial charge in [0.25, 0.3) is 0 Å². The van der Waals surface area contributed by atoms with E-state index in [2.05, 4.69) is 30.3 Å². The van der Waals surface area contributed by atoms with Crippen molar-refractivity contribution in [3.63, 3.8) is 0 Å². The summed E-state index contributed by atoms with van der Waals surface area (Å²) >= 11 is 0. The minimum absolute atomic E-state index is 0.242. The summed E-state index contributed by atoms with van der Waals surface area (Å²) < 4.78 is 5.29. The van der Waals surface area contributed by atoms with Crippen LogP contribution in [-0.4, -0.2) is 43.7 Å². The van der Waals surface area contributed by atoms with Gasteiger partial charge in [0.1, 0.15) is 0 Å². The third-order valence-electron chi connectivity index (χ3n) is 5.42. The Balaban J connectivity index is 1.48. The van der Waals surface area contributed by atoms with Crippen LogP contribution in [0.5, 0.6) is 0 Å². The van der Waals surface area contributed by atoms with Crippen molar-refractivity contribution in [1.82, 2.24) is 4.90 Å². The van der Waals surface area contributed by atoms with Gasteiger partial charge in [-0.25, -0.2) is 0 Å². The van der Waals surface area contributed by atoms with Gasteiger partial charge >= 0.3 is 0 Å². The van der Waals surface area contributed by atoms with Crippen molar-refractivity contribution in [2.24, 2.45) is 11.7 Å². The number of benzene rings is 1. The van der Waals surface area contributed by atoms with E-state index in [0.29, 0.717) is 25.6 Å². The number of morpholine rings is 1. The molecule has 1 amide bonds. The van der Waals surface area contributed by atoms with Gasteiger partial charge < -0.3 is 15.4 Å². The summed E-state index contributed by atoms with van der Waals surface area (Å²) in [6.45, 7) is 3.63. The molecule has 1 aromatic carbocycles. The van der Waals surface area contributed by atoms with E-state index in [9.17, 15) is 4.79 Å². The lowest BCUT2D eigenvalue weighted by molar-refractivity contribution is -0.135. The zero-order valence-corrected chi connectivity index (χ0v) is 15.1. The molecule has 3 rings (SSSR count). The summed E-state index contributed by atoms with van der Waals surface area (Å²) in [5.74, 6) is 0.953. The maximum atomic E-state index is 12.2. The van der Waals surface area contributed by atoms with E-state index in [1.807, 2.05) is 4.90 Å². The van der Waals surface area contributed by atoms with Gasteiger partial charge in [-0.05, 0) is 55.7 Å². The summed E-state index contributed by atoms with van der Waals surface area (Å²) in [6, 6.07) is 8.67. The summed E-state index contributed by atoms with van der Waals surface area (Å²) in [6.07, 6.45) is 8.53. The van der Waals surface area contributed by atoms with E-state index in [0.717, 1.165) is 26.1 Å². The maximum absolute atomic E-state index is 12.2. The van der Waals surface area contributed by atoms with Crippen LogP contribution in [0, 0.1) is 5.92 Å². The predicted octanol–water partition coefficient (Wildman–Crippen LogP) is 3.01. The molecule has 0 atom stereocenters. The number of hydrogen-bond donors (Lipinski definition) is 1. The topological polar surface area (TPSA) is 55.6 Å². The highest BCUT2D eigenvalue weighted by Gasteiger charge is 2.16. The fourth-order valence-corrected chi connectivity index (χ4v) is 3.67. The highest BCUT2D eigenvalue weighted by molar-refractivity contribution is 5.76. The molecule has 0 spiro atoms. The number of aryl methyl sites for hydroxylation is 1. The minimum Gasteiger partial charge on any atom is -0.378 e. The van der Waals surface area contributed by atoms with Gasteiger partial charge in [0.05, 0.1) is 13.2 Å². The third-order valence-corrected chi connectivity index (χ3v) is 5.42. The van der Waals surface area contributed by atoms with E-state index in [1.165, 1.54) is 36.8 Å². The molecule has 1 aliphatic heterocycles. The van der Waals surface area contributed by atoms with Gasteiger partial charge in [-0.15, -0.1) is 0 Å². The molecule has 0 unspecified atom stereocenters. The van der Waals surface area contributed by atoms with Crippen LogP contribution in [0.4, 0.5) is 0 Å². The van der Waals surface area contributed by atoms with Crippen molar-refractivity contribution >= 4 is 12.0 Å². The zero-order valence-electron chi connectivity index (χ0n) is 15.1. The molecule has 1 aromatic rings. The molecule has 1 saturated heterocycles. The quantitative estimate of drug-likeness (QED) is 0.895. The van der Waals surface area contributed by atoms with E-state index in [1.54, 1.807) is 5.57 Å². The third kappa shape index (κ3) is 5.41. The van der Waals surface area contributed by atoms with E-state index in [-0.39, 0.29) is 5.91 Å². The molecule has 0 bridgehead atoms. The normalized spacial score (nSPS) is 21.2. The predicted molar refractivity (Wildman–Crippen MR) is 101 cm³/mol. The van der Waals surface area contributed by atoms with Crippen molar-refractivity contribution in [2.75, 3.05) is 32.8 Å². The Hall–Kier alpha value is -1.65. The molecular weight excluding hydrogens is 312 g/mol. The van der Waals surface area contributed by atoms with E-state index in [4.69, 9.17) is 10.5 Å². The Labute approximate surface area is 151 Å². The Bertz CT molecular complexity index is 578. The molecule has 25 heavy (non-hydrogen) atoms. The molecule has 2 aliphatic rings. The van der Waals surface area contributed by atoms with Crippen LogP contribution < -0.4 is 5.73 Å². The number of carbonyl (C=O) groups is 1. The van der Waals surface area contributed by atoms with Gasteiger partial charge in [-0.3, -0.25) is 4.79 Å². The average Bonchev–Trinajstić information content (AvgIpc) is 2.68. The molecule has 2 N–H and O–H groups in total. The van der Waals surface area contributed by atoms with Crippen LogP contribution in [0.2, 0.25) is 0 Å². The summed E-state index contributed by atoms with van der Waals surface area (Å²) in [5.41, 5.74) is 9.80. The Morgan fingerprint density at radius 3 is 2.48 bits per heavy atom. The number of rotatable bonds is 5. The Morgan fingerprint density at radius 1 is 1.16 bits per heavy atom. The van der Waals surface area contributed by atoms with Crippen LogP contribution in [0.15, 0.2) is 29.8 Å². The van der Waals surface area contributed by atoms with Crippen LogP contribution in [0.3, 0.4) is 0 Å². The standard InChI is InChI=1S/C21H30N2O2/c22-16-20-7-5-19(6-8-20)15-18-3-1-17(2-4-18)9-10-21(24)23-11-13-25-14-12-23/h1-4,15,20H,5-14,16,22H2. The molecule has 0 radical (unpaired) electrons. The first-order valence-corrected chi connectivity index (χ1v) is 9.58. The molecule has 0 aromatic heterocycles. The lowest BCUT2D eigenvalue weighted by Gasteiger charge is -2.26. The second kappa shape index (κ2) is 9.16. The van der Waals surface area contributed by atoms with Crippen molar-refractivity contribution < 1.29 is 9.53 Å². The number of nitrogens with two attached hydrogens (primary N) is 1. The fraction of sp³-hybridized carbons (Fsp3) is 0.571. The largest absolute Gasteiger partial charge is 0.378 e. The van der Waals surface area contributed by atoms with Gasteiger partial charge in [-0.2, -0.15) is 0 Å². The first kappa shape index (κ1) is 18.2. The highest BCUT2D eigenvalue weighted by Crippen LogP contribution is 2.29. The molecule has 1 saturated carbocycles. The molecule has 4 heteroatoms. The fourth-order valence-electron chi connectivity index (χ4n) is 3.67. The maximum Gasteiger partial charge on any atom is 0.223 e. The minimum atomic E-state index is 0.242. The first-order chi connectivity index (χ1) is 12.2. The number of carbonyl (C=O) groups excluding carboxylic acids is 1. The number of ether oxygens (including phenoxy) is 1. The molecule has 1 aliphatic carbocycles. The average molecular weight is 342 g/mol. The summed E-state index contributed by atoms with van der Waals surface area (Å²) in [7, 11) is 0. The monoisotopic (exact) mass is 342 g/mol. The first-order valence-electron chi connectivity index (χ1n) is 9.58.